The van der Waals surface area contributed by atoms with Gasteiger partial charge in [-0.3, -0.25) is 0 Å². The van der Waals surface area contributed by atoms with Crippen molar-refractivity contribution in [2.45, 2.75) is 0 Å². The Labute approximate surface area is 124 Å². The lowest BCUT2D eigenvalue weighted by Gasteiger charge is -2.11. The van der Waals surface area contributed by atoms with Gasteiger partial charge in [-0.05, 0) is 29.7 Å². The Morgan fingerprint density at radius 2 is 1.65 bits per heavy atom. The third kappa shape index (κ3) is 2.28. The van der Waals surface area contributed by atoms with Crippen LogP contribution in [0, 0.1) is 0 Å². The molecular formula is C15H13BrN4. The van der Waals surface area contributed by atoms with Gasteiger partial charge < -0.3 is 16.8 Å². The summed E-state index contributed by atoms with van der Waals surface area (Å²) in [5.74, 6) is 1.00. The molecule has 0 aliphatic carbocycles. The predicted octanol–water partition coefficient (Wildman–Crippen LogP) is 3.91. The molecule has 5 N–H and O–H groups in total. The van der Waals surface area contributed by atoms with E-state index in [1.54, 1.807) is 6.07 Å². The van der Waals surface area contributed by atoms with E-state index in [0.717, 1.165) is 20.9 Å². The second kappa shape index (κ2) is 5.02. The van der Waals surface area contributed by atoms with Crippen molar-refractivity contribution in [3.05, 3.63) is 53.0 Å². The van der Waals surface area contributed by atoms with Gasteiger partial charge in [0.2, 0.25) is 0 Å². The quantitative estimate of drug-likeness (QED) is 0.666. The molecule has 0 fully saturated rings. The highest BCUT2D eigenvalue weighted by atomic mass is 79.9. The number of fused-ring (bicyclic) bond motifs is 1. The molecule has 0 unspecified atom stereocenters. The first-order valence-corrected chi connectivity index (χ1v) is 6.91. The minimum atomic E-state index is 0.330. The fourth-order valence-electron chi connectivity index (χ4n) is 2.06. The van der Waals surface area contributed by atoms with Crippen LogP contribution in [0.5, 0.6) is 0 Å². The van der Waals surface area contributed by atoms with E-state index < -0.39 is 0 Å². The molecule has 0 bridgehead atoms. The molecule has 0 spiro atoms. The number of hydrogen-bond acceptors (Lipinski definition) is 4. The van der Waals surface area contributed by atoms with Crippen LogP contribution in [0.25, 0.3) is 10.8 Å². The summed E-state index contributed by atoms with van der Waals surface area (Å²) in [5, 5.41) is 5.52. The van der Waals surface area contributed by atoms with Crippen LogP contribution in [0.4, 0.5) is 23.0 Å². The van der Waals surface area contributed by atoms with Gasteiger partial charge in [0.15, 0.2) is 0 Å². The van der Waals surface area contributed by atoms with E-state index in [0.29, 0.717) is 17.3 Å². The van der Waals surface area contributed by atoms with Gasteiger partial charge in [0.1, 0.15) is 11.6 Å². The monoisotopic (exact) mass is 328 g/mol. The average Bonchev–Trinajstić information content (AvgIpc) is 2.46. The lowest BCUT2D eigenvalue weighted by Crippen LogP contribution is -2.01. The maximum absolute atomic E-state index is 5.73. The first-order valence-electron chi connectivity index (χ1n) is 6.11. The molecule has 3 aromatic rings. The van der Waals surface area contributed by atoms with Crippen LogP contribution >= 0.6 is 15.9 Å². The number of nitrogens with one attached hydrogen (secondary N) is 1. The minimum absolute atomic E-state index is 0.330. The lowest BCUT2D eigenvalue weighted by atomic mass is 10.1. The number of nitrogens with zero attached hydrogens (tertiary/aromatic N) is 1. The maximum atomic E-state index is 5.73. The molecule has 0 aliphatic rings. The van der Waals surface area contributed by atoms with Crippen molar-refractivity contribution >= 4 is 49.7 Å². The first kappa shape index (κ1) is 12.7. The third-order valence-electron chi connectivity index (χ3n) is 3.09. The largest absolute Gasteiger partial charge is 0.396 e. The fraction of sp³-hybridized carbons (Fsp3) is 0. The van der Waals surface area contributed by atoms with Gasteiger partial charge in [0.05, 0.1) is 5.69 Å². The van der Waals surface area contributed by atoms with E-state index in [1.165, 1.54) is 0 Å². The Morgan fingerprint density at radius 3 is 2.40 bits per heavy atom. The second-order valence-corrected chi connectivity index (χ2v) is 5.29. The summed E-state index contributed by atoms with van der Waals surface area (Å²) in [6.07, 6.45) is 0. The SMILES string of the molecule is Nc1ccc(Nc2ccc(Br)c3ccccc23)nc1N. The highest BCUT2D eigenvalue weighted by Gasteiger charge is 2.05. The lowest BCUT2D eigenvalue weighted by molar-refractivity contribution is 1.32. The average molecular weight is 329 g/mol. The summed E-state index contributed by atoms with van der Waals surface area (Å²) >= 11 is 3.56. The number of rotatable bonds is 2. The molecule has 20 heavy (non-hydrogen) atoms. The standard InChI is InChI=1S/C15H13BrN4/c16-11-5-7-13(10-4-2-1-3-9(10)11)19-14-8-6-12(17)15(18)20-14/h1-8H,17H2,(H3,18,19,20). The van der Waals surface area contributed by atoms with E-state index in [9.17, 15) is 0 Å². The smallest absolute Gasteiger partial charge is 0.149 e. The first-order chi connectivity index (χ1) is 9.65. The van der Waals surface area contributed by atoms with Gasteiger partial charge in [-0.15, -0.1) is 0 Å². The molecule has 1 aromatic heterocycles. The van der Waals surface area contributed by atoms with E-state index in [4.69, 9.17) is 11.5 Å². The number of aromatic nitrogens is 1. The normalized spacial score (nSPS) is 10.7. The van der Waals surface area contributed by atoms with Crippen molar-refractivity contribution in [1.29, 1.82) is 0 Å². The summed E-state index contributed by atoms with van der Waals surface area (Å²) in [4.78, 5) is 4.23. The van der Waals surface area contributed by atoms with E-state index in [2.05, 4.69) is 38.4 Å². The van der Waals surface area contributed by atoms with Crippen LogP contribution in [-0.4, -0.2) is 4.98 Å². The second-order valence-electron chi connectivity index (χ2n) is 4.44. The molecule has 0 saturated heterocycles. The van der Waals surface area contributed by atoms with Crippen molar-refractivity contribution in [2.75, 3.05) is 16.8 Å². The summed E-state index contributed by atoms with van der Waals surface area (Å²) in [5.41, 5.74) is 12.9. The highest BCUT2D eigenvalue weighted by Crippen LogP contribution is 2.31. The maximum Gasteiger partial charge on any atom is 0.149 e. The molecule has 0 aliphatic heterocycles. The number of nitrogen functional groups attached to an aromatic ring is 2. The number of pyridine rings is 1. The molecule has 0 saturated carbocycles. The van der Waals surface area contributed by atoms with Gasteiger partial charge in [0, 0.05) is 15.5 Å². The highest BCUT2D eigenvalue weighted by molar-refractivity contribution is 9.10. The zero-order valence-corrected chi connectivity index (χ0v) is 12.2. The molecule has 4 nitrogen and oxygen atoms in total. The molecular weight excluding hydrogens is 316 g/mol. The van der Waals surface area contributed by atoms with Crippen LogP contribution in [0.1, 0.15) is 0 Å². The van der Waals surface area contributed by atoms with Crippen molar-refractivity contribution in [3.8, 4) is 0 Å². The summed E-state index contributed by atoms with van der Waals surface area (Å²) in [6.45, 7) is 0. The van der Waals surface area contributed by atoms with Crippen molar-refractivity contribution in [3.63, 3.8) is 0 Å². The molecule has 3 rings (SSSR count). The number of benzene rings is 2. The number of anilines is 4. The molecule has 0 radical (unpaired) electrons. The molecule has 5 heteroatoms. The van der Waals surface area contributed by atoms with Gasteiger partial charge in [0.25, 0.3) is 0 Å². The fourth-order valence-corrected chi connectivity index (χ4v) is 2.54. The van der Waals surface area contributed by atoms with E-state index >= 15 is 0 Å². The topological polar surface area (TPSA) is 77.0 Å². The number of halogens is 1. The Bertz CT molecular complexity index is 786. The Hall–Kier alpha value is -2.27. The van der Waals surface area contributed by atoms with Crippen LogP contribution in [0.2, 0.25) is 0 Å². The summed E-state index contributed by atoms with van der Waals surface area (Å²) in [7, 11) is 0. The van der Waals surface area contributed by atoms with Crippen LogP contribution in [-0.2, 0) is 0 Å². The third-order valence-corrected chi connectivity index (χ3v) is 3.78. The Morgan fingerprint density at radius 1 is 0.900 bits per heavy atom. The van der Waals surface area contributed by atoms with E-state index in [-0.39, 0.29) is 0 Å². The Kier molecular flexibility index (Phi) is 3.20. The van der Waals surface area contributed by atoms with E-state index in [1.807, 2.05) is 30.3 Å². The zero-order chi connectivity index (χ0) is 14.1. The van der Waals surface area contributed by atoms with Gasteiger partial charge >= 0.3 is 0 Å². The van der Waals surface area contributed by atoms with Crippen LogP contribution < -0.4 is 16.8 Å². The van der Waals surface area contributed by atoms with Crippen molar-refractivity contribution < 1.29 is 0 Å². The Balaban J connectivity index is 2.06. The van der Waals surface area contributed by atoms with Gasteiger partial charge in [-0.25, -0.2) is 4.98 Å². The minimum Gasteiger partial charge on any atom is -0.396 e. The molecule has 100 valence electrons. The van der Waals surface area contributed by atoms with Crippen LogP contribution in [0.3, 0.4) is 0 Å². The molecule has 0 amide bonds. The van der Waals surface area contributed by atoms with Crippen molar-refractivity contribution in [2.24, 2.45) is 0 Å². The van der Waals surface area contributed by atoms with Crippen LogP contribution in [0.15, 0.2) is 53.0 Å². The summed E-state index contributed by atoms with van der Waals surface area (Å²) < 4.78 is 1.06. The molecule has 0 atom stereocenters. The summed E-state index contributed by atoms with van der Waals surface area (Å²) in [6, 6.07) is 15.7. The molecule has 2 aromatic carbocycles. The van der Waals surface area contributed by atoms with Gasteiger partial charge in [-0.1, -0.05) is 40.2 Å². The zero-order valence-electron chi connectivity index (χ0n) is 10.6. The van der Waals surface area contributed by atoms with Gasteiger partial charge in [-0.2, -0.15) is 0 Å². The predicted molar refractivity (Wildman–Crippen MR) is 88.0 cm³/mol. The number of hydrogen-bond donors (Lipinski definition) is 3. The number of nitrogens with two attached hydrogens (primary N) is 2. The van der Waals surface area contributed by atoms with Crippen molar-refractivity contribution in [1.82, 2.24) is 4.98 Å². The molecule has 1 heterocycles.